The fourth-order valence-electron chi connectivity index (χ4n) is 2.82. The standard InChI is InChI=1S/C17H22N2O/c1-12-9-14(3)19(11-12)17(20)16-10-15(5-4-8-18)7-6-13(16)2/h6-7,10,12,14H,8-9,11,18H2,1-3H3. The van der Waals surface area contributed by atoms with Gasteiger partial charge in [0.05, 0.1) is 6.54 Å². The highest BCUT2D eigenvalue weighted by Gasteiger charge is 2.31. The van der Waals surface area contributed by atoms with Crippen molar-refractivity contribution in [2.45, 2.75) is 33.2 Å². The van der Waals surface area contributed by atoms with Gasteiger partial charge in [0, 0.05) is 23.7 Å². The molecule has 1 aliphatic rings. The van der Waals surface area contributed by atoms with E-state index in [2.05, 4.69) is 25.7 Å². The molecule has 2 N–H and O–H groups in total. The monoisotopic (exact) mass is 270 g/mol. The Hall–Kier alpha value is -1.79. The van der Waals surface area contributed by atoms with E-state index >= 15 is 0 Å². The minimum atomic E-state index is 0.121. The van der Waals surface area contributed by atoms with Gasteiger partial charge in [-0.25, -0.2) is 0 Å². The minimum Gasteiger partial charge on any atom is -0.336 e. The number of hydrogen-bond acceptors (Lipinski definition) is 2. The molecule has 2 atom stereocenters. The summed E-state index contributed by atoms with van der Waals surface area (Å²) in [7, 11) is 0. The highest BCUT2D eigenvalue weighted by Crippen LogP contribution is 2.25. The second-order valence-corrected chi connectivity index (χ2v) is 5.68. The molecule has 1 aliphatic heterocycles. The highest BCUT2D eigenvalue weighted by molar-refractivity contribution is 5.96. The van der Waals surface area contributed by atoms with Crippen LogP contribution < -0.4 is 5.73 Å². The van der Waals surface area contributed by atoms with Crippen molar-refractivity contribution in [1.29, 1.82) is 0 Å². The van der Waals surface area contributed by atoms with Crippen LogP contribution >= 0.6 is 0 Å². The molecule has 0 saturated carbocycles. The molecule has 0 spiro atoms. The topological polar surface area (TPSA) is 46.3 Å². The molecule has 0 radical (unpaired) electrons. The van der Waals surface area contributed by atoms with Gasteiger partial charge in [0.1, 0.15) is 0 Å². The smallest absolute Gasteiger partial charge is 0.254 e. The lowest BCUT2D eigenvalue weighted by Crippen LogP contribution is -2.34. The fraction of sp³-hybridized carbons (Fsp3) is 0.471. The van der Waals surface area contributed by atoms with E-state index in [1.165, 1.54) is 0 Å². The van der Waals surface area contributed by atoms with E-state index < -0.39 is 0 Å². The first-order chi connectivity index (χ1) is 9.52. The molecule has 0 aliphatic carbocycles. The van der Waals surface area contributed by atoms with Gasteiger partial charge in [-0.2, -0.15) is 0 Å². The molecule has 1 aromatic carbocycles. The molecule has 2 rings (SSSR count). The summed E-state index contributed by atoms with van der Waals surface area (Å²) in [4.78, 5) is 14.7. The van der Waals surface area contributed by atoms with Crippen molar-refractivity contribution >= 4 is 5.91 Å². The van der Waals surface area contributed by atoms with Gasteiger partial charge in [-0.1, -0.05) is 24.8 Å². The van der Waals surface area contributed by atoms with Crippen LogP contribution in [0.5, 0.6) is 0 Å². The number of likely N-dealkylation sites (tertiary alicyclic amines) is 1. The Morgan fingerprint density at radius 1 is 1.45 bits per heavy atom. The maximum atomic E-state index is 12.7. The number of aryl methyl sites for hydroxylation is 1. The first-order valence-electron chi connectivity index (χ1n) is 7.13. The van der Waals surface area contributed by atoms with Crippen LogP contribution in [-0.2, 0) is 0 Å². The van der Waals surface area contributed by atoms with E-state index in [0.717, 1.165) is 29.7 Å². The number of nitrogens with two attached hydrogens (primary N) is 1. The maximum absolute atomic E-state index is 12.7. The Kier molecular flexibility index (Phi) is 4.46. The van der Waals surface area contributed by atoms with Crippen molar-refractivity contribution in [2.24, 2.45) is 11.7 Å². The quantitative estimate of drug-likeness (QED) is 0.795. The Balaban J connectivity index is 2.29. The predicted octanol–water partition coefficient (Wildman–Crippen LogP) is 2.18. The Bertz CT molecular complexity index is 568. The average molecular weight is 270 g/mol. The summed E-state index contributed by atoms with van der Waals surface area (Å²) >= 11 is 0. The van der Waals surface area contributed by atoms with Gasteiger partial charge in [-0.15, -0.1) is 0 Å². The van der Waals surface area contributed by atoms with Crippen LogP contribution in [0.2, 0.25) is 0 Å². The lowest BCUT2D eigenvalue weighted by atomic mass is 10.0. The van der Waals surface area contributed by atoms with E-state index in [-0.39, 0.29) is 5.91 Å². The second-order valence-electron chi connectivity index (χ2n) is 5.68. The number of nitrogens with zero attached hydrogens (tertiary/aromatic N) is 1. The Labute approximate surface area is 121 Å². The van der Waals surface area contributed by atoms with Crippen LogP contribution in [-0.4, -0.2) is 29.9 Å². The van der Waals surface area contributed by atoms with Gasteiger partial charge >= 0.3 is 0 Å². The molecule has 1 heterocycles. The molecule has 20 heavy (non-hydrogen) atoms. The molecular formula is C17H22N2O. The molecule has 1 amide bonds. The first-order valence-corrected chi connectivity index (χ1v) is 7.13. The van der Waals surface area contributed by atoms with E-state index in [4.69, 9.17) is 5.73 Å². The maximum Gasteiger partial charge on any atom is 0.254 e. The third-order valence-corrected chi connectivity index (χ3v) is 3.85. The van der Waals surface area contributed by atoms with Gasteiger partial charge in [0.15, 0.2) is 0 Å². The summed E-state index contributed by atoms with van der Waals surface area (Å²) in [5.41, 5.74) is 8.00. The summed E-state index contributed by atoms with van der Waals surface area (Å²) in [6, 6.07) is 6.09. The SMILES string of the molecule is Cc1ccc(C#CCN)cc1C(=O)N1CC(C)CC1C. The van der Waals surface area contributed by atoms with Crippen LogP contribution in [0.15, 0.2) is 18.2 Å². The van der Waals surface area contributed by atoms with E-state index in [1.54, 1.807) is 0 Å². The Morgan fingerprint density at radius 3 is 2.80 bits per heavy atom. The number of rotatable bonds is 1. The second kappa shape index (κ2) is 6.11. The van der Waals surface area contributed by atoms with Crippen molar-refractivity contribution in [1.82, 2.24) is 4.90 Å². The van der Waals surface area contributed by atoms with Crippen LogP contribution in [0, 0.1) is 24.7 Å². The molecule has 0 bridgehead atoms. The minimum absolute atomic E-state index is 0.121. The van der Waals surface area contributed by atoms with Crippen molar-refractivity contribution < 1.29 is 4.79 Å². The largest absolute Gasteiger partial charge is 0.336 e. The van der Waals surface area contributed by atoms with Crippen molar-refractivity contribution in [3.05, 3.63) is 34.9 Å². The van der Waals surface area contributed by atoms with Crippen molar-refractivity contribution in [2.75, 3.05) is 13.1 Å². The number of carbonyl (C=O) groups is 1. The Morgan fingerprint density at radius 2 is 2.20 bits per heavy atom. The zero-order chi connectivity index (χ0) is 14.7. The molecular weight excluding hydrogens is 248 g/mol. The van der Waals surface area contributed by atoms with Crippen LogP contribution in [0.3, 0.4) is 0 Å². The van der Waals surface area contributed by atoms with Gasteiger partial charge in [-0.05, 0) is 43.9 Å². The number of benzene rings is 1. The molecule has 3 nitrogen and oxygen atoms in total. The third-order valence-electron chi connectivity index (χ3n) is 3.85. The molecule has 1 aromatic rings. The zero-order valence-electron chi connectivity index (χ0n) is 12.4. The summed E-state index contributed by atoms with van der Waals surface area (Å²) in [6.07, 6.45) is 1.08. The lowest BCUT2D eigenvalue weighted by molar-refractivity contribution is 0.0743. The number of amides is 1. The van der Waals surface area contributed by atoms with E-state index in [1.807, 2.05) is 30.0 Å². The van der Waals surface area contributed by atoms with Crippen LogP contribution in [0.25, 0.3) is 0 Å². The molecule has 1 fully saturated rings. The van der Waals surface area contributed by atoms with E-state index in [9.17, 15) is 4.79 Å². The summed E-state index contributed by atoms with van der Waals surface area (Å²) in [5, 5.41) is 0. The molecule has 3 heteroatoms. The summed E-state index contributed by atoms with van der Waals surface area (Å²) in [5.74, 6) is 6.52. The average Bonchev–Trinajstić information content (AvgIpc) is 2.76. The molecule has 0 aromatic heterocycles. The summed E-state index contributed by atoms with van der Waals surface area (Å²) < 4.78 is 0. The predicted molar refractivity (Wildman–Crippen MR) is 81.4 cm³/mol. The molecule has 106 valence electrons. The fourth-order valence-corrected chi connectivity index (χ4v) is 2.82. The van der Waals surface area contributed by atoms with Gasteiger partial charge in [0.2, 0.25) is 0 Å². The van der Waals surface area contributed by atoms with Crippen LogP contribution in [0.1, 0.15) is 41.8 Å². The van der Waals surface area contributed by atoms with Gasteiger partial charge < -0.3 is 10.6 Å². The van der Waals surface area contributed by atoms with E-state index in [0.29, 0.717) is 18.5 Å². The van der Waals surface area contributed by atoms with Crippen molar-refractivity contribution in [3.8, 4) is 11.8 Å². The normalized spacial score (nSPS) is 21.5. The van der Waals surface area contributed by atoms with Crippen molar-refractivity contribution in [3.63, 3.8) is 0 Å². The number of carbonyl (C=O) groups excluding carboxylic acids is 1. The molecule has 2 unspecified atom stereocenters. The number of hydrogen-bond donors (Lipinski definition) is 1. The van der Waals surface area contributed by atoms with Crippen LogP contribution in [0.4, 0.5) is 0 Å². The van der Waals surface area contributed by atoms with Gasteiger partial charge in [-0.3, -0.25) is 4.79 Å². The molecule has 1 saturated heterocycles. The third kappa shape index (κ3) is 3.02. The summed E-state index contributed by atoms with van der Waals surface area (Å²) in [6.45, 7) is 7.46. The lowest BCUT2D eigenvalue weighted by Gasteiger charge is -2.22. The zero-order valence-corrected chi connectivity index (χ0v) is 12.4. The first kappa shape index (κ1) is 14.6. The van der Waals surface area contributed by atoms with Gasteiger partial charge in [0.25, 0.3) is 5.91 Å². The highest BCUT2D eigenvalue weighted by atomic mass is 16.2.